The molecule has 0 bridgehead atoms. The first kappa shape index (κ1) is 61.2. The maximum Gasteiger partial charge on any atom is 0.332 e. The normalized spacial score (nSPS) is 31.0. The molecule has 9 N–H and O–H groups in total. The molecule has 69 heavy (non-hydrogen) atoms. The number of esters is 2. The molecular formula is C49H88O20. The van der Waals surface area contributed by atoms with Gasteiger partial charge in [0.25, 0.3) is 0 Å². The Morgan fingerprint density at radius 2 is 1.14 bits per heavy atom. The van der Waals surface area contributed by atoms with Gasteiger partial charge < -0.3 is 83.9 Å². The van der Waals surface area contributed by atoms with Gasteiger partial charge >= 0.3 is 17.9 Å². The molecule has 0 aromatic heterocycles. The summed E-state index contributed by atoms with van der Waals surface area (Å²) in [6, 6.07) is 0. The molecule has 3 saturated heterocycles. The predicted octanol–water partition coefficient (Wildman–Crippen LogP) is 3.28. The van der Waals surface area contributed by atoms with Crippen LogP contribution in [0.5, 0.6) is 0 Å². The Morgan fingerprint density at radius 3 is 1.75 bits per heavy atom. The van der Waals surface area contributed by atoms with E-state index in [1.54, 1.807) is 0 Å². The van der Waals surface area contributed by atoms with Gasteiger partial charge in [-0.25, -0.2) is 4.79 Å². The highest BCUT2D eigenvalue weighted by Gasteiger charge is 2.52. The minimum absolute atomic E-state index is 0.0192. The quantitative estimate of drug-likeness (QED) is 0.0325. The standard InChI is InChI=1S/C49H88O20/c1-5-6-7-18-23-33(24-20-22-32(51)21-17-15-13-11-9-8-10-12-14-16-19-25-34(52)46(60)61)66-48-44(39(55)35(53)27-63-48)69-49-45(41(57)37(29-64-49)65-31(4)50)68-47-43(59)42(58)40(56)36(67-47)28-62-38(54)26-30(2)3/h30,32-37,39-45,47-49,51-53,55-59H,5-29H2,1-4H3,(H,60,61)/t32-,33+,34+,35+,36+,37+,39-,40+,41-,42-,43+,44+,45+,47-,48-,49-/m1/s1. The lowest BCUT2D eigenvalue weighted by Crippen LogP contribution is -2.65. The molecular weight excluding hydrogens is 909 g/mol. The molecule has 0 unspecified atom stereocenters. The Morgan fingerprint density at radius 1 is 0.609 bits per heavy atom. The summed E-state index contributed by atoms with van der Waals surface area (Å²) in [7, 11) is 0. The van der Waals surface area contributed by atoms with Crippen molar-refractivity contribution in [1.82, 2.24) is 0 Å². The molecule has 16 atom stereocenters. The molecule has 0 saturated carbocycles. The number of rotatable bonds is 35. The zero-order valence-electron chi connectivity index (χ0n) is 41.5. The molecule has 20 heteroatoms. The zero-order chi connectivity index (χ0) is 50.9. The molecule has 0 aromatic rings. The van der Waals surface area contributed by atoms with Crippen LogP contribution in [0.3, 0.4) is 0 Å². The van der Waals surface area contributed by atoms with Crippen LogP contribution in [-0.2, 0) is 52.3 Å². The summed E-state index contributed by atoms with van der Waals surface area (Å²) < 4.78 is 46.9. The molecule has 0 radical (unpaired) electrons. The van der Waals surface area contributed by atoms with E-state index in [9.17, 15) is 55.2 Å². The van der Waals surface area contributed by atoms with E-state index >= 15 is 0 Å². The number of hydrogen-bond donors (Lipinski definition) is 9. The summed E-state index contributed by atoms with van der Waals surface area (Å²) in [6.07, 6.45) is -3.86. The topological polar surface area (TPSA) is 307 Å². The van der Waals surface area contributed by atoms with Crippen molar-refractivity contribution in [1.29, 1.82) is 0 Å². The van der Waals surface area contributed by atoms with Gasteiger partial charge in [0, 0.05) is 13.3 Å². The minimum atomic E-state index is -1.90. The van der Waals surface area contributed by atoms with E-state index in [4.69, 9.17) is 43.0 Å². The number of carbonyl (C=O) groups is 3. The molecule has 0 aromatic carbocycles. The van der Waals surface area contributed by atoms with Crippen molar-refractivity contribution in [3.63, 3.8) is 0 Å². The van der Waals surface area contributed by atoms with Crippen LogP contribution in [0.1, 0.15) is 169 Å². The first-order valence-electron chi connectivity index (χ1n) is 25.8. The van der Waals surface area contributed by atoms with Crippen LogP contribution in [0.4, 0.5) is 0 Å². The molecule has 3 rings (SSSR count). The SMILES string of the molecule is CCCCCC[C@@H](CCC[C@H](O)CCCCCCCCCCCCC[C@H](O)C(=O)O)O[C@H]1OC[C@H](O)[C@@H](O)[C@@H]1O[C@H]1OC[C@H](OC(C)=O)[C@@H](O)[C@@H]1O[C@H]1O[C@@H](COC(=O)CC(C)C)[C@H](O)[C@@H](O)[C@@H]1O. The maximum atomic E-state index is 12.3. The van der Waals surface area contributed by atoms with Crippen molar-refractivity contribution in [2.45, 2.75) is 267 Å². The molecule has 0 spiro atoms. The van der Waals surface area contributed by atoms with Gasteiger partial charge in [0.1, 0.15) is 61.5 Å². The van der Waals surface area contributed by atoms with Crippen molar-refractivity contribution < 1.29 is 98.2 Å². The van der Waals surface area contributed by atoms with Crippen LogP contribution in [0.25, 0.3) is 0 Å². The lowest BCUT2D eigenvalue weighted by Gasteiger charge is -2.46. The van der Waals surface area contributed by atoms with Crippen LogP contribution < -0.4 is 0 Å². The number of aliphatic carboxylic acids is 1. The second kappa shape index (κ2) is 33.6. The number of hydrogen-bond acceptors (Lipinski definition) is 19. The number of unbranched alkanes of at least 4 members (excludes halogenated alkanes) is 13. The first-order valence-corrected chi connectivity index (χ1v) is 25.8. The highest BCUT2D eigenvalue weighted by molar-refractivity contribution is 5.71. The van der Waals surface area contributed by atoms with E-state index in [1.807, 2.05) is 13.8 Å². The van der Waals surface area contributed by atoms with Gasteiger partial charge in [-0.15, -0.1) is 0 Å². The maximum absolute atomic E-state index is 12.3. The van der Waals surface area contributed by atoms with Gasteiger partial charge in [0.15, 0.2) is 31.1 Å². The summed E-state index contributed by atoms with van der Waals surface area (Å²) in [4.78, 5) is 35.0. The van der Waals surface area contributed by atoms with Crippen molar-refractivity contribution in [2.24, 2.45) is 5.92 Å². The number of carbonyl (C=O) groups excluding carboxylic acids is 2. The van der Waals surface area contributed by atoms with Gasteiger partial charge in [-0.2, -0.15) is 0 Å². The third kappa shape index (κ3) is 22.7. The number of carboxylic acid groups (broad SMARTS) is 1. The highest BCUT2D eigenvalue weighted by atomic mass is 16.8. The third-order valence-electron chi connectivity index (χ3n) is 13.0. The summed E-state index contributed by atoms with van der Waals surface area (Å²) in [5.41, 5.74) is 0. The van der Waals surface area contributed by atoms with E-state index in [2.05, 4.69) is 6.92 Å². The Kier molecular flexibility index (Phi) is 29.7. The van der Waals surface area contributed by atoms with E-state index in [1.165, 1.54) is 0 Å². The molecule has 20 nitrogen and oxygen atoms in total. The van der Waals surface area contributed by atoms with E-state index < -0.39 is 123 Å². The van der Waals surface area contributed by atoms with Crippen LogP contribution in [-0.4, -0.2) is 182 Å². The van der Waals surface area contributed by atoms with Gasteiger partial charge in [-0.3, -0.25) is 9.59 Å². The molecule has 3 aliphatic heterocycles. The second-order valence-corrected chi connectivity index (χ2v) is 19.6. The molecule has 404 valence electrons. The number of aliphatic hydroxyl groups is 8. The summed E-state index contributed by atoms with van der Waals surface area (Å²) in [5, 5.41) is 95.0. The largest absolute Gasteiger partial charge is 0.479 e. The Labute approximate surface area is 408 Å². The van der Waals surface area contributed by atoms with Gasteiger partial charge in [0.2, 0.25) is 0 Å². The molecule has 3 fully saturated rings. The highest BCUT2D eigenvalue weighted by Crippen LogP contribution is 2.33. The van der Waals surface area contributed by atoms with Crippen molar-refractivity contribution in [2.75, 3.05) is 19.8 Å². The van der Waals surface area contributed by atoms with Crippen molar-refractivity contribution >= 4 is 17.9 Å². The van der Waals surface area contributed by atoms with Crippen LogP contribution in [0.15, 0.2) is 0 Å². The average Bonchev–Trinajstić information content (AvgIpc) is 3.29. The number of carboxylic acids is 1. The van der Waals surface area contributed by atoms with Gasteiger partial charge in [0.05, 0.1) is 25.4 Å². The van der Waals surface area contributed by atoms with E-state index in [-0.39, 0.29) is 25.0 Å². The van der Waals surface area contributed by atoms with Gasteiger partial charge in [-0.1, -0.05) is 117 Å². The fourth-order valence-electron chi connectivity index (χ4n) is 8.83. The Balaban J connectivity index is 1.59. The monoisotopic (exact) mass is 997 g/mol. The van der Waals surface area contributed by atoms with Crippen LogP contribution in [0, 0.1) is 5.92 Å². The van der Waals surface area contributed by atoms with Gasteiger partial charge in [-0.05, 0) is 44.4 Å². The number of aliphatic hydroxyl groups excluding tert-OH is 8. The Bertz CT molecular complexity index is 1410. The fourth-order valence-corrected chi connectivity index (χ4v) is 8.83. The third-order valence-corrected chi connectivity index (χ3v) is 13.0. The van der Waals surface area contributed by atoms with Crippen molar-refractivity contribution in [3.05, 3.63) is 0 Å². The molecule has 0 aliphatic carbocycles. The van der Waals surface area contributed by atoms with Crippen molar-refractivity contribution in [3.8, 4) is 0 Å². The molecule has 3 aliphatic rings. The minimum Gasteiger partial charge on any atom is -0.479 e. The van der Waals surface area contributed by atoms with E-state index in [0.29, 0.717) is 38.5 Å². The number of ether oxygens (including phenoxy) is 8. The lowest BCUT2D eigenvalue weighted by atomic mass is 9.98. The lowest BCUT2D eigenvalue weighted by molar-refractivity contribution is -0.380. The van der Waals surface area contributed by atoms with Crippen LogP contribution in [0.2, 0.25) is 0 Å². The predicted molar refractivity (Wildman–Crippen MR) is 247 cm³/mol. The average molecular weight is 997 g/mol. The van der Waals surface area contributed by atoms with E-state index in [0.717, 1.165) is 103 Å². The fraction of sp³-hybridized carbons (Fsp3) is 0.939. The Hall–Kier alpha value is -2.15. The summed E-state index contributed by atoms with van der Waals surface area (Å²) in [6.45, 7) is 5.68. The molecule has 0 amide bonds. The summed E-state index contributed by atoms with van der Waals surface area (Å²) >= 11 is 0. The smallest absolute Gasteiger partial charge is 0.332 e. The first-order chi connectivity index (χ1) is 32.9. The van der Waals surface area contributed by atoms with Crippen LogP contribution >= 0.6 is 0 Å². The zero-order valence-corrected chi connectivity index (χ0v) is 41.5. The second-order valence-electron chi connectivity index (χ2n) is 19.6. The summed E-state index contributed by atoms with van der Waals surface area (Å²) in [5.74, 6) is -2.51. The molecule has 3 heterocycles.